The summed E-state index contributed by atoms with van der Waals surface area (Å²) in [5.74, 6) is -1.11. The minimum absolute atomic E-state index is 0.0252. The lowest BCUT2D eigenvalue weighted by Gasteiger charge is -2.15. The molecule has 8 heteroatoms. The van der Waals surface area contributed by atoms with Gasteiger partial charge in [0.2, 0.25) is 0 Å². The van der Waals surface area contributed by atoms with E-state index in [9.17, 15) is 13.2 Å². The summed E-state index contributed by atoms with van der Waals surface area (Å²) < 4.78 is 25.5. The van der Waals surface area contributed by atoms with Gasteiger partial charge in [-0.3, -0.25) is 0 Å². The molecule has 0 bridgehead atoms. The lowest BCUT2D eigenvalue weighted by atomic mass is 10.4. The highest BCUT2D eigenvalue weighted by molar-refractivity contribution is 7.91. The Morgan fingerprint density at radius 2 is 2.17 bits per heavy atom. The normalized spacial score (nSPS) is 11.9. The number of carboxylic acid groups (broad SMARTS) is 1. The maximum atomic E-state index is 12.1. The first-order chi connectivity index (χ1) is 8.39. The maximum absolute atomic E-state index is 12.1. The summed E-state index contributed by atoms with van der Waals surface area (Å²) in [6.45, 7) is 1.12. The van der Waals surface area contributed by atoms with Crippen molar-refractivity contribution in [2.24, 2.45) is 0 Å². The third-order valence-corrected chi connectivity index (χ3v) is 5.75. The molecule has 0 atom stereocenters. The molecular formula is C10H16N2O4S2. The first-order valence-electron chi connectivity index (χ1n) is 5.33. The Kier molecular flexibility index (Phi) is 5.27. The van der Waals surface area contributed by atoms with Crippen LogP contribution < -0.4 is 5.32 Å². The first kappa shape index (κ1) is 15.1. The highest BCUT2D eigenvalue weighted by Gasteiger charge is 2.23. The van der Waals surface area contributed by atoms with E-state index in [2.05, 4.69) is 5.32 Å². The Morgan fingerprint density at radius 1 is 1.50 bits per heavy atom. The Morgan fingerprint density at radius 3 is 2.67 bits per heavy atom. The van der Waals surface area contributed by atoms with Crippen molar-refractivity contribution in [1.82, 2.24) is 9.62 Å². The van der Waals surface area contributed by atoms with Gasteiger partial charge in [-0.25, -0.2) is 17.5 Å². The summed E-state index contributed by atoms with van der Waals surface area (Å²) in [5, 5.41) is 11.7. The summed E-state index contributed by atoms with van der Waals surface area (Å²) in [6.07, 6.45) is 0.698. The van der Waals surface area contributed by atoms with Crippen molar-refractivity contribution in [2.75, 3.05) is 27.2 Å². The number of sulfonamides is 1. The van der Waals surface area contributed by atoms with Gasteiger partial charge in [0, 0.05) is 13.6 Å². The largest absolute Gasteiger partial charge is 0.477 e. The monoisotopic (exact) mass is 292 g/mol. The molecule has 0 amide bonds. The minimum Gasteiger partial charge on any atom is -0.477 e. The topological polar surface area (TPSA) is 86.7 Å². The summed E-state index contributed by atoms with van der Waals surface area (Å²) in [4.78, 5) is 10.7. The van der Waals surface area contributed by atoms with E-state index in [4.69, 9.17) is 5.11 Å². The van der Waals surface area contributed by atoms with E-state index < -0.39 is 16.0 Å². The number of nitrogens with zero attached hydrogens (tertiary/aromatic N) is 1. The molecule has 2 N–H and O–H groups in total. The minimum atomic E-state index is -3.57. The second-order valence-electron chi connectivity index (χ2n) is 3.71. The second-order valence-corrected chi connectivity index (χ2v) is 7.06. The van der Waals surface area contributed by atoms with Crippen LogP contribution >= 0.6 is 11.3 Å². The van der Waals surface area contributed by atoms with Crippen LogP contribution in [0.2, 0.25) is 0 Å². The molecule has 0 aliphatic heterocycles. The molecule has 0 aliphatic rings. The molecule has 0 saturated heterocycles. The number of rotatable bonds is 7. The Bertz CT molecular complexity index is 510. The van der Waals surface area contributed by atoms with E-state index >= 15 is 0 Å². The van der Waals surface area contributed by atoms with Gasteiger partial charge in [0.15, 0.2) is 0 Å². The third kappa shape index (κ3) is 3.52. The standard InChI is InChI=1S/C10H16N2O4S2/c1-11-6-3-7-12(2)18(15,16)9-5-4-8(17-9)10(13)14/h4-5,11H,3,6-7H2,1-2H3,(H,13,14). The number of hydrogen-bond donors (Lipinski definition) is 2. The zero-order valence-corrected chi connectivity index (χ0v) is 11.8. The predicted molar refractivity (Wildman–Crippen MR) is 69.6 cm³/mol. The molecule has 1 heterocycles. The molecule has 18 heavy (non-hydrogen) atoms. The van der Waals surface area contributed by atoms with Crippen molar-refractivity contribution in [3.63, 3.8) is 0 Å². The van der Waals surface area contributed by atoms with Crippen LogP contribution in [0.1, 0.15) is 16.1 Å². The smallest absolute Gasteiger partial charge is 0.345 e. The molecule has 1 aromatic heterocycles. The quantitative estimate of drug-likeness (QED) is 0.722. The highest BCUT2D eigenvalue weighted by atomic mass is 32.2. The molecule has 0 unspecified atom stereocenters. The molecular weight excluding hydrogens is 276 g/mol. The van der Waals surface area contributed by atoms with Crippen LogP contribution in [0.5, 0.6) is 0 Å². The molecule has 6 nitrogen and oxygen atoms in total. The molecule has 0 aliphatic carbocycles. The zero-order valence-electron chi connectivity index (χ0n) is 10.2. The summed E-state index contributed by atoms with van der Waals surface area (Å²) in [6, 6.07) is 2.64. The number of aromatic carboxylic acids is 1. The van der Waals surface area contributed by atoms with Gasteiger partial charge in [-0.1, -0.05) is 0 Å². The van der Waals surface area contributed by atoms with Crippen LogP contribution in [0.25, 0.3) is 0 Å². The first-order valence-corrected chi connectivity index (χ1v) is 7.59. The van der Waals surface area contributed by atoms with Crippen molar-refractivity contribution in [2.45, 2.75) is 10.6 Å². The van der Waals surface area contributed by atoms with Gasteiger partial charge in [-0.05, 0) is 32.1 Å². The van der Waals surface area contributed by atoms with E-state index in [-0.39, 0.29) is 9.09 Å². The molecule has 0 radical (unpaired) electrons. The second kappa shape index (κ2) is 6.28. The van der Waals surface area contributed by atoms with Crippen molar-refractivity contribution in [1.29, 1.82) is 0 Å². The maximum Gasteiger partial charge on any atom is 0.345 e. The molecule has 102 valence electrons. The van der Waals surface area contributed by atoms with Crippen LogP contribution in [0.4, 0.5) is 0 Å². The number of carbonyl (C=O) groups is 1. The number of nitrogens with one attached hydrogen (secondary N) is 1. The van der Waals surface area contributed by atoms with E-state index in [1.807, 2.05) is 0 Å². The molecule has 0 saturated carbocycles. The number of hydrogen-bond acceptors (Lipinski definition) is 5. The fraction of sp³-hybridized carbons (Fsp3) is 0.500. The van der Waals surface area contributed by atoms with Crippen molar-refractivity contribution in [3.05, 3.63) is 17.0 Å². The van der Waals surface area contributed by atoms with Crippen LogP contribution in [-0.2, 0) is 10.0 Å². The van der Waals surface area contributed by atoms with Gasteiger partial charge < -0.3 is 10.4 Å². The lowest BCUT2D eigenvalue weighted by Crippen LogP contribution is -2.29. The predicted octanol–water partition coefficient (Wildman–Crippen LogP) is 0.676. The van der Waals surface area contributed by atoms with Gasteiger partial charge >= 0.3 is 5.97 Å². The van der Waals surface area contributed by atoms with Crippen LogP contribution in [0.15, 0.2) is 16.3 Å². The molecule has 0 aromatic carbocycles. The number of thiophene rings is 1. The Hall–Kier alpha value is -0.960. The van der Waals surface area contributed by atoms with E-state index in [1.165, 1.54) is 23.5 Å². The third-order valence-electron chi connectivity index (χ3n) is 2.36. The summed E-state index contributed by atoms with van der Waals surface area (Å²) in [5.41, 5.74) is 0. The van der Waals surface area contributed by atoms with Gasteiger partial charge in [0.25, 0.3) is 10.0 Å². The van der Waals surface area contributed by atoms with Crippen LogP contribution in [0, 0.1) is 0 Å². The van der Waals surface area contributed by atoms with E-state index in [1.54, 1.807) is 7.05 Å². The van der Waals surface area contributed by atoms with Crippen molar-refractivity contribution < 1.29 is 18.3 Å². The Balaban J connectivity index is 2.81. The highest BCUT2D eigenvalue weighted by Crippen LogP contribution is 2.24. The van der Waals surface area contributed by atoms with Crippen LogP contribution in [-0.4, -0.2) is 51.0 Å². The van der Waals surface area contributed by atoms with Gasteiger partial charge in [0.05, 0.1) is 0 Å². The molecule has 1 aromatic rings. The summed E-state index contributed by atoms with van der Waals surface area (Å²) >= 11 is 0.771. The van der Waals surface area contributed by atoms with E-state index in [0.717, 1.165) is 17.9 Å². The molecule has 0 fully saturated rings. The lowest BCUT2D eigenvalue weighted by molar-refractivity contribution is 0.0702. The SMILES string of the molecule is CNCCCN(C)S(=O)(=O)c1ccc(C(=O)O)s1. The fourth-order valence-electron chi connectivity index (χ4n) is 1.33. The summed E-state index contributed by atoms with van der Waals surface area (Å²) in [7, 11) is -0.282. The number of carboxylic acids is 1. The van der Waals surface area contributed by atoms with Crippen LogP contribution in [0.3, 0.4) is 0 Å². The van der Waals surface area contributed by atoms with E-state index in [0.29, 0.717) is 13.0 Å². The average molecular weight is 292 g/mol. The average Bonchev–Trinajstić information content (AvgIpc) is 2.79. The van der Waals surface area contributed by atoms with Gasteiger partial charge in [0.1, 0.15) is 9.09 Å². The van der Waals surface area contributed by atoms with Crippen molar-refractivity contribution >= 4 is 27.3 Å². The molecule has 1 rings (SSSR count). The Labute approximate surface area is 110 Å². The van der Waals surface area contributed by atoms with Gasteiger partial charge in [-0.2, -0.15) is 0 Å². The molecule has 0 spiro atoms. The fourth-order valence-corrected chi connectivity index (χ4v) is 3.89. The van der Waals surface area contributed by atoms with Crippen molar-refractivity contribution in [3.8, 4) is 0 Å². The zero-order chi connectivity index (χ0) is 13.8. The van der Waals surface area contributed by atoms with Gasteiger partial charge in [-0.15, -0.1) is 11.3 Å².